The number of carboxylic acids is 1. The van der Waals surface area contributed by atoms with Crippen molar-refractivity contribution in [2.24, 2.45) is 0 Å². The lowest BCUT2D eigenvalue weighted by Crippen LogP contribution is -2.00. The second kappa shape index (κ2) is 6.30. The Balaban J connectivity index is 2.57. The van der Waals surface area contributed by atoms with Crippen molar-refractivity contribution in [3.63, 3.8) is 0 Å². The molecule has 0 bridgehead atoms. The predicted molar refractivity (Wildman–Crippen MR) is 81.8 cm³/mol. The fraction of sp³-hybridized carbons (Fsp3) is 0.0625. The molecular formula is C16H14O3S. The zero-order valence-electron chi connectivity index (χ0n) is 10.9. The molecule has 0 atom stereocenters. The number of rotatable bonds is 4. The summed E-state index contributed by atoms with van der Waals surface area (Å²) in [5, 5.41) is 19.2. The number of thioether (sulfide) groups is 1. The molecule has 2 rings (SSSR count). The average molecular weight is 286 g/mol. The van der Waals surface area contributed by atoms with E-state index in [2.05, 4.69) is 0 Å². The number of carbonyl (C=O) groups is 1. The minimum atomic E-state index is -1.07. The Hall–Kier alpha value is -2.20. The molecule has 0 heterocycles. The quantitative estimate of drug-likeness (QED) is 0.510. The van der Waals surface area contributed by atoms with Crippen molar-refractivity contribution >= 4 is 29.4 Å². The van der Waals surface area contributed by atoms with Crippen LogP contribution in [0.4, 0.5) is 0 Å². The topological polar surface area (TPSA) is 57.5 Å². The van der Waals surface area contributed by atoms with Crippen LogP contribution in [-0.2, 0) is 4.79 Å². The van der Waals surface area contributed by atoms with Gasteiger partial charge in [-0.3, -0.25) is 0 Å². The molecule has 3 nitrogen and oxygen atoms in total. The van der Waals surface area contributed by atoms with E-state index < -0.39 is 5.97 Å². The third-order valence-electron chi connectivity index (χ3n) is 2.86. The Morgan fingerprint density at radius 1 is 1.10 bits per heavy atom. The Morgan fingerprint density at radius 2 is 1.75 bits per heavy atom. The van der Waals surface area contributed by atoms with Crippen LogP contribution in [0.15, 0.2) is 53.4 Å². The summed E-state index contributed by atoms with van der Waals surface area (Å²) in [6.07, 6.45) is 3.52. The van der Waals surface area contributed by atoms with Crippen LogP contribution < -0.4 is 0 Å². The Bertz CT molecular complexity index is 662. The summed E-state index contributed by atoms with van der Waals surface area (Å²) in [5.74, 6) is -1.11. The minimum Gasteiger partial charge on any atom is -0.507 e. The molecule has 20 heavy (non-hydrogen) atoms. The van der Waals surface area contributed by atoms with Gasteiger partial charge in [0, 0.05) is 10.5 Å². The van der Waals surface area contributed by atoms with Crippen molar-refractivity contribution in [2.45, 2.75) is 4.90 Å². The highest BCUT2D eigenvalue weighted by atomic mass is 32.2. The Kier molecular flexibility index (Phi) is 4.48. The number of aromatic hydroxyl groups is 1. The van der Waals surface area contributed by atoms with Gasteiger partial charge in [0.05, 0.1) is 5.57 Å². The van der Waals surface area contributed by atoms with Gasteiger partial charge in [-0.2, -0.15) is 0 Å². The molecule has 0 aromatic heterocycles. The molecule has 0 unspecified atom stereocenters. The summed E-state index contributed by atoms with van der Waals surface area (Å²) in [6, 6.07) is 14.0. The van der Waals surface area contributed by atoms with Gasteiger partial charge in [-0.1, -0.05) is 36.4 Å². The number of aliphatic carboxylic acids is 1. The maximum Gasteiger partial charge on any atom is 0.336 e. The van der Waals surface area contributed by atoms with Crippen LogP contribution in [0, 0.1) is 0 Å². The molecule has 0 aliphatic heterocycles. The average Bonchev–Trinajstić information content (AvgIpc) is 2.46. The summed E-state index contributed by atoms with van der Waals surface area (Å²) >= 11 is 1.55. The first-order valence-corrected chi connectivity index (χ1v) is 7.22. The van der Waals surface area contributed by atoms with Crippen LogP contribution >= 0.6 is 11.8 Å². The van der Waals surface area contributed by atoms with Crippen LogP contribution in [-0.4, -0.2) is 22.4 Å². The van der Waals surface area contributed by atoms with Crippen molar-refractivity contribution < 1.29 is 15.0 Å². The lowest BCUT2D eigenvalue weighted by molar-refractivity contribution is -0.130. The summed E-state index contributed by atoms with van der Waals surface area (Å²) in [7, 11) is 0. The molecule has 0 amide bonds. The van der Waals surface area contributed by atoms with Gasteiger partial charge in [0.2, 0.25) is 0 Å². The number of phenols is 1. The van der Waals surface area contributed by atoms with E-state index >= 15 is 0 Å². The maximum absolute atomic E-state index is 11.5. The van der Waals surface area contributed by atoms with Gasteiger partial charge in [0.1, 0.15) is 5.75 Å². The summed E-state index contributed by atoms with van der Waals surface area (Å²) in [4.78, 5) is 12.5. The predicted octanol–water partition coefficient (Wildman–Crippen LogP) is 3.74. The summed E-state index contributed by atoms with van der Waals surface area (Å²) < 4.78 is 0. The van der Waals surface area contributed by atoms with Gasteiger partial charge in [-0.05, 0) is 30.0 Å². The number of hydrogen-bond donors (Lipinski definition) is 2. The maximum atomic E-state index is 11.5. The lowest BCUT2D eigenvalue weighted by atomic mass is 10.0. The highest BCUT2D eigenvalue weighted by Gasteiger charge is 2.14. The first-order chi connectivity index (χ1) is 9.63. The third-order valence-corrected chi connectivity index (χ3v) is 3.68. The van der Waals surface area contributed by atoms with Gasteiger partial charge < -0.3 is 10.2 Å². The lowest BCUT2D eigenvalue weighted by Gasteiger charge is -2.07. The molecular weight excluding hydrogens is 272 g/mol. The molecule has 0 radical (unpaired) electrons. The summed E-state index contributed by atoms with van der Waals surface area (Å²) in [6.45, 7) is 0. The zero-order valence-corrected chi connectivity index (χ0v) is 11.7. The van der Waals surface area contributed by atoms with Gasteiger partial charge in [0.15, 0.2) is 0 Å². The molecule has 0 fully saturated rings. The van der Waals surface area contributed by atoms with E-state index in [9.17, 15) is 15.0 Å². The van der Waals surface area contributed by atoms with E-state index in [1.807, 2.05) is 30.5 Å². The molecule has 0 spiro atoms. The van der Waals surface area contributed by atoms with Crippen molar-refractivity contribution in [2.75, 3.05) is 6.26 Å². The standard InChI is InChI=1S/C16H14O3S/c1-20-15-9-5-2-6-11(15)10-13(16(18)19)12-7-3-4-8-14(12)17/h2-10,17H,1H3,(H,18,19)/b13-10+. The van der Waals surface area contributed by atoms with E-state index in [0.717, 1.165) is 10.5 Å². The fourth-order valence-electron chi connectivity index (χ4n) is 1.90. The van der Waals surface area contributed by atoms with Crippen LogP contribution in [0.25, 0.3) is 11.6 Å². The molecule has 4 heteroatoms. The second-order valence-corrected chi connectivity index (χ2v) is 4.97. The van der Waals surface area contributed by atoms with E-state index in [0.29, 0.717) is 5.56 Å². The van der Waals surface area contributed by atoms with E-state index in [4.69, 9.17) is 0 Å². The number of phenolic OH excluding ortho intramolecular Hbond substituents is 1. The van der Waals surface area contributed by atoms with Crippen LogP contribution in [0.3, 0.4) is 0 Å². The minimum absolute atomic E-state index is 0.0391. The molecule has 2 aromatic rings. The van der Waals surface area contributed by atoms with E-state index in [1.165, 1.54) is 6.07 Å². The first kappa shape index (κ1) is 14.2. The molecule has 0 aliphatic carbocycles. The molecule has 0 saturated carbocycles. The molecule has 102 valence electrons. The number of para-hydroxylation sites is 1. The van der Waals surface area contributed by atoms with Gasteiger partial charge in [-0.25, -0.2) is 4.79 Å². The Morgan fingerprint density at radius 3 is 2.40 bits per heavy atom. The van der Waals surface area contributed by atoms with Crippen LogP contribution in [0.5, 0.6) is 5.75 Å². The highest BCUT2D eigenvalue weighted by molar-refractivity contribution is 7.98. The Labute approximate surface area is 121 Å². The summed E-state index contributed by atoms with van der Waals surface area (Å²) in [5.41, 5.74) is 1.21. The van der Waals surface area contributed by atoms with Crippen molar-refractivity contribution in [1.29, 1.82) is 0 Å². The number of hydrogen-bond acceptors (Lipinski definition) is 3. The largest absolute Gasteiger partial charge is 0.507 e. The first-order valence-electron chi connectivity index (χ1n) is 6.00. The van der Waals surface area contributed by atoms with Crippen LogP contribution in [0.2, 0.25) is 0 Å². The van der Waals surface area contributed by atoms with E-state index in [-0.39, 0.29) is 11.3 Å². The van der Waals surface area contributed by atoms with Gasteiger partial charge in [0.25, 0.3) is 0 Å². The van der Waals surface area contributed by atoms with Crippen molar-refractivity contribution in [3.05, 3.63) is 59.7 Å². The smallest absolute Gasteiger partial charge is 0.336 e. The van der Waals surface area contributed by atoms with E-state index in [1.54, 1.807) is 36.0 Å². The van der Waals surface area contributed by atoms with Gasteiger partial charge >= 0.3 is 5.97 Å². The normalized spacial score (nSPS) is 11.3. The number of carboxylic acid groups (broad SMARTS) is 1. The molecule has 2 N–H and O–H groups in total. The third kappa shape index (κ3) is 3.03. The number of benzene rings is 2. The fourth-order valence-corrected chi connectivity index (χ4v) is 2.47. The zero-order chi connectivity index (χ0) is 14.5. The van der Waals surface area contributed by atoms with Crippen molar-refractivity contribution in [3.8, 4) is 5.75 Å². The SMILES string of the molecule is CSc1ccccc1/C=C(/C(=O)O)c1ccccc1O. The molecule has 0 saturated heterocycles. The second-order valence-electron chi connectivity index (χ2n) is 4.12. The molecule has 0 aliphatic rings. The van der Waals surface area contributed by atoms with Gasteiger partial charge in [-0.15, -0.1) is 11.8 Å². The molecule has 2 aromatic carbocycles. The highest BCUT2D eigenvalue weighted by Crippen LogP contribution is 2.29. The van der Waals surface area contributed by atoms with Crippen molar-refractivity contribution in [1.82, 2.24) is 0 Å². The van der Waals surface area contributed by atoms with Crippen LogP contribution in [0.1, 0.15) is 11.1 Å². The monoisotopic (exact) mass is 286 g/mol.